The van der Waals surface area contributed by atoms with Gasteiger partial charge < -0.3 is 5.32 Å². The molecule has 1 amide bonds. The SMILES string of the molecule is CCCC(CCC)C(=O)Nc1cccc(C)c1C#N. The molecule has 0 aliphatic carbocycles. The van der Waals surface area contributed by atoms with Crippen LogP contribution in [0.2, 0.25) is 0 Å². The van der Waals surface area contributed by atoms with Crippen LogP contribution in [0.15, 0.2) is 18.2 Å². The molecular weight excluding hydrogens is 236 g/mol. The summed E-state index contributed by atoms with van der Waals surface area (Å²) in [5.74, 6) is 0.0767. The molecule has 1 N–H and O–H groups in total. The molecule has 0 saturated carbocycles. The molecule has 102 valence electrons. The lowest BCUT2D eigenvalue weighted by Crippen LogP contribution is -2.23. The maximum absolute atomic E-state index is 12.3. The minimum Gasteiger partial charge on any atom is -0.325 e. The highest BCUT2D eigenvalue weighted by molar-refractivity contribution is 5.94. The summed E-state index contributed by atoms with van der Waals surface area (Å²) in [6.45, 7) is 6.05. The van der Waals surface area contributed by atoms with Crippen LogP contribution in [-0.4, -0.2) is 5.91 Å². The second kappa shape index (κ2) is 7.58. The minimum absolute atomic E-state index is 0.0331. The number of aryl methyl sites for hydroxylation is 1. The molecule has 1 aromatic carbocycles. The van der Waals surface area contributed by atoms with Gasteiger partial charge in [-0.05, 0) is 31.4 Å². The van der Waals surface area contributed by atoms with Crippen LogP contribution in [-0.2, 0) is 4.79 Å². The van der Waals surface area contributed by atoms with E-state index >= 15 is 0 Å². The highest BCUT2D eigenvalue weighted by Crippen LogP contribution is 2.21. The standard InChI is InChI=1S/C16H22N2O/c1-4-7-13(8-5-2)16(19)18-15-10-6-9-12(3)14(15)11-17/h6,9-10,13H,4-5,7-8H2,1-3H3,(H,18,19). The highest BCUT2D eigenvalue weighted by atomic mass is 16.1. The summed E-state index contributed by atoms with van der Waals surface area (Å²) in [6.07, 6.45) is 3.79. The van der Waals surface area contributed by atoms with E-state index in [0.717, 1.165) is 31.2 Å². The average molecular weight is 258 g/mol. The van der Waals surface area contributed by atoms with Crippen LogP contribution in [0.5, 0.6) is 0 Å². The van der Waals surface area contributed by atoms with Gasteiger partial charge in [-0.25, -0.2) is 0 Å². The summed E-state index contributed by atoms with van der Waals surface area (Å²) in [5.41, 5.74) is 2.08. The summed E-state index contributed by atoms with van der Waals surface area (Å²) >= 11 is 0. The van der Waals surface area contributed by atoms with Gasteiger partial charge in [0.2, 0.25) is 5.91 Å². The summed E-state index contributed by atoms with van der Waals surface area (Å²) in [6, 6.07) is 7.69. The summed E-state index contributed by atoms with van der Waals surface area (Å²) in [5, 5.41) is 12.1. The monoisotopic (exact) mass is 258 g/mol. The molecule has 0 fully saturated rings. The molecule has 3 nitrogen and oxygen atoms in total. The number of rotatable bonds is 6. The van der Waals surface area contributed by atoms with Gasteiger partial charge >= 0.3 is 0 Å². The van der Waals surface area contributed by atoms with E-state index in [2.05, 4.69) is 25.2 Å². The molecule has 1 rings (SSSR count). The molecule has 3 heteroatoms. The second-order valence-corrected chi connectivity index (χ2v) is 4.87. The third-order valence-electron chi connectivity index (χ3n) is 3.29. The third kappa shape index (κ3) is 4.10. The smallest absolute Gasteiger partial charge is 0.227 e. The highest BCUT2D eigenvalue weighted by Gasteiger charge is 2.18. The Hall–Kier alpha value is -1.82. The zero-order valence-corrected chi connectivity index (χ0v) is 12.0. The molecule has 1 aromatic rings. The minimum atomic E-state index is 0.0331. The van der Waals surface area contributed by atoms with Crippen LogP contribution in [0.1, 0.15) is 50.7 Å². The number of nitrogens with zero attached hydrogens (tertiary/aromatic N) is 1. The molecule has 0 spiro atoms. The van der Waals surface area contributed by atoms with Crippen LogP contribution in [0.4, 0.5) is 5.69 Å². The van der Waals surface area contributed by atoms with Crippen molar-refractivity contribution in [3.63, 3.8) is 0 Å². The first-order valence-electron chi connectivity index (χ1n) is 6.94. The van der Waals surface area contributed by atoms with Crippen molar-refractivity contribution in [2.24, 2.45) is 5.92 Å². The number of nitrogens with one attached hydrogen (secondary N) is 1. The van der Waals surface area contributed by atoms with E-state index in [9.17, 15) is 4.79 Å². The lowest BCUT2D eigenvalue weighted by molar-refractivity contribution is -0.120. The molecule has 0 heterocycles. The third-order valence-corrected chi connectivity index (χ3v) is 3.29. The first-order chi connectivity index (χ1) is 9.13. The molecule has 0 radical (unpaired) electrons. The summed E-state index contributed by atoms with van der Waals surface area (Å²) < 4.78 is 0. The van der Waals surface area contributed by atoms with Crippen LogP contribution in [0, 0.1) is 24.2 Å². The van der Waals surface area contributed by atoms with Gasteiger partial charge in [-0.1, -0.05) is 38.8 Å². The van der Waals surface area contributed by atoms with E-state index in [1.165, 1.54) is 0 Å². The molecule has 0 bridgehead atoms. The Labute approximate surface area is 115 Å². The average Bonchev–Trinajstić information content (AvgIpc) is 2.38. The topological polar surface area (TPSA) is 52.9 Å². The van der Waals surface area contributed by atoms with E-state index in [0.29, 0.717) is 11.3 Å². The number of carbonyl (C=O) groups is 1. The van der Waals surface area contributed by atoms with Crippen LogP contribution in [0.25, 0.3) is 0 Å². The molecule has 0 unspecified atom stereocenters. The van der Waals surface area contributed by atoms with Crippen molar-refractivity contribution in [3.8, 4) is 6.07 Å². The molecule has 0 atom stereocenters. The molecular formula is C16H22N2O. The second-order valence-electron chi connectivity index (χ2n) is 4.87. The van der Waals surface area contributed by atoms with Crippen LogP contribution < -0.4 is 5.32 Å². The van der Waals surface area contributed by atoms with E-state index in [1.54, 1.807) is 6.07 Å². The predicted molar refractivity (Wildman–Crippen MR) is 77.8 cm³/mol. The van der Waals surface area contributed by atoms with Crippen molar-refractivity contribution in [1.82, 2.24) is 0 Å². The largest absolute Gasteiger partial charge is 0.325 e. The quantitative estimate of drug-likeness (QED) is 0.837. The number of benzene rings is 1. The van der Waals surface area contributed by atoms with Crippen molar-refractivity contribution in [1.29, 1.82) is 5.26 Å². The maximum atomic E-state index is 12.3. The Kier molecular flexibility index (Phi) is 6.08. The van der Waals surface area contributed by atoms with Gasteiger partial charge in [-0.3, -0.25) is 4.79 Å². The fourth-order valence-corrected chi connectivity index (χ4v) is 2.26. The number of amides is 1. The Morgan fingerprint density at radius 3 is 2.47 bits per heavy atom. The van der Waals surface area contributed by atoms with E-state index in [1.807, 2.05) is 19.1 Å². The number of hydrogen-bond donors (Lipinski definition) is 1. The predicted octanol–water partition coefficient (Wildman–Crippen LogP) is 4.02. The molecule has 0 aromatic heterocycles. The first kappa shape index (κ1) is 15.2. The zero-order valence-electron chi connectivity index (χ0n) is 12.0. The van der Waals surface area contributed by atoms with E-state index in [-0.39, 0.29) is 11.8 Å². The Morgan fingerprint density at radius 1 is 1.32 bits per heavy atom. The zero-order chi connectivity index (χ0) is 14.3. The summed E-state index contributed by atoms with van der Waals surface area (Å²) in [7, 11) is 0. The van der Waals surface area contributed by atoms with Gasteiger partial charge in [0, 0.05) is 5.92 Å². The number of anilines is 1. The number of nitriles is 1. The van der Waals surface area contributed by atoms with Crippen molar-refractivity contribution < 1.29 is 4.79 Å². The van der Waals surface area contributed by atoms with Crippen LogP contribution in [0.3, 0.4) is 0 Å². The lowest BCUT2D eigenvalue weighted by Gasteiger charge is -2.16. The van der Waals surface area contributed by atoms with Crippen molar-refractivity contribution in [2.45, 2.75) is 46.5 Å². The van der Waals surface area contributed by atoms with Gasteiger partial charge in [0.15, 0.2) is 0 Å². The maximum Gasteiger partial charge on any atom is 0.227 e. The fourth-order valence-electron chi connectivity index (χ4n) is 2.26. The van der Waals surface area contributed by atoms with Crippen molar-refractivity contribution in [3.05, 3.63) is 29.3 Å². The molecule has 0 aliphatic rings. The Bertz CT molecular complexity index is 468. The fraction of sp³-hybridized carbons (Fsp3) is 0.500. The van der Waals surface area contributed by atoms with Gasteiger partial charge in [-0.2, -0.15) is 5.26 Å². The molecule has 0 aliphatic heterocycles. The van der Waals surface area contributed by atoms with Crippen LogP contribution >= 0.6 is 0 Å². The Balaban J connectivity index is 2.87. The first-order valence-corrected chi connectivity index (χ1v) is 6.94. The number of carbonyl (C=O) groups excluding carboxylic acids is 1. The van der Waals surface area contributed by atoms with Crippen molar-refractivity contribution in [2.75, 3.05) is 5.32 Å². The number of hydrogen-bond acceptors (Lipinski definition) is 2. The van der Waals surface area contributed by atoms with Gasteiger partial charge in [0.05, 0.1) is 11.3 Å². The normalized spacial score (nSPS) is 10.3. The summed E-state index contributed by atoms with van der Waals surface area (Å²) in [4.78, 5) is 12.3. The molecule has 19 heavy (non-hydrogen) atoms. The van der Waals surface area contributed by atoms with Gasteiger partial charge in [0.25, 0.3) is 0 Å². The van der Waals surface area contributed by atoms with E-state index in [4.69, 9.17) is 5.26 Å². The lowest BCUT2D eigenvalue weighted by atomic mass is 9.97. The van der Waals surface area contributed by atoms with Gasteiger partial charge in [-0.15, -0.1) is 0 Å². The van der Waals surface area contributed by atoms with Gasteiger partial charge in [0.1, 0.15) is 6.07 Å². The Morgan fingerprint density at radius 2 is 1.95 bits per heavy atom. The molecule has 0 saturated heterocycles. The van der Waals surface area contributed by atoms with E-state index < -0.39 is 0 Å². The van der Waals surface area contributed by atoms with Crippen molar-refractivity contribution >= 4 is 11.6 Å².